The van der Waals surface area contributed by atoms with Crippen molar-refractivity contribution >= 4 is 45.4 Å². The quantitative estimate of drug-likeness (QED) is 0.791. The second kappa shape index (κ2) is 8.37. The van der Waals surface area contributed by atoms with Gasteiger partial charge in [0.25, 0.3) is 0 Å². The summed E-state index contributed by atoms with van der Waals surface area (Å²) in [6, 6.07) is 9.15. The zero-order valence-corrected chi connectivity index (χ0v) is 17.3. The fourth-order valence-electron chi connectivity index (χ4n) is 3.27. The fraction of sp³-hybridized carbons (Fsp3) is 0.412. The van der Waals surface area contributed by atoms with Crippen molar-refractivity contribution in [1.29, 1.82) is 0 Å². The Hall–Kier alpha value is -0.630. The topological polar surface area (TPSA) is 49.4 Å². The van der Waals surface area contributed by atoms with Gasteiger partial charge in [-0.2, -0.15) is 0 Å². The number of nitrogens with one attached hydrogen (secondary N) is 1. The lowest BCUT2D eigenvalue weighted by Crippen LogP contribution is -2.44. The maximum Gasteiger partial charge on any atom is 0.240 e. The van der Waals surface area contributed by atoms with Gasteiger partial charge in [-0.25, -0.2) is 13.1 Å². The number of benzene rings is 1. The Balaban J connectivity index is 0.00000225. The molecule has 2 atom stereocenters. The van der Waals surface area contributed by atoms with Crippen LogP contribution in [0.1, 0.15) is 30.3 Å². The van der Waals surface area contributed by atoms with Crippen molar-refractivity contribution in [3.8, 4) is 0 Å². The van der Waals surface area contributed by atoms with Crippen LogP contribution in [-0.4, -0.2) is 32.4 Å². The van der Waals surface area contributed by atoms with Crippen LogP contribution < -0.4 is 4.72 Å². The molecule has 0 aliphatic carbocycles. The minimum absolute atomic E-state index is 0. The van der Waals surface area contributed by atoms with Crippen LogP contribution in [0, 0.1) is 0 Å². The van der Waals surface area contributed by atoms with Crippen molar-refractivity contribution in [2.24, 2.45) is 0 Å². The van der Waals surface area contributed by atoms with Gasteiger partial charge in [0.2, 0.25) is 10.0 Å². The molecule has 2 unspecified atom stereocenters. The highest BCUT2D eigenvalue weighted by Gasteiger charge is 2.29. The molecule has 1 aromatic carbocycles. The highest BCUT2D eigenvalue weighted by atomic mass is 35.5. The van der Waals surface area contributed by atoms with Gasteiger partial charge in [0, 0.05) is 35.1 Å². The SMILES string of the molecule is CC1Cc2ccsc2C(C)N1CCNS(=O)(=O)c1ccc(Cl)cc1.Cl. The van der Waals surface area contributed by atoms with E-state index >= 15 is 0 Å². The highest BCUT2D eigenvalue weighted by molar-refractivity contribution is 7.89. The van der Waals surface area contributed by atoms with Crippen molar-refractivity contribution in [3.05, 3.63) is 51.2 Å². The van der Waals surface area contributed by atoms with E-state index in [1.165, 1.54) is 22.6 Å². The predicted molar refractivity (Wildman–Crippen MR) is 106 cm³/mol. The summed E-state index contributed by atoms with van der Waals surface area (Å²) < 4.78 is 27.4. The Morgan fingerprint density at radius 1 is 1.24 bits per heavy atom. The third-order valence-corrected chi connectivity index (χ3v) is 7.38. The van der Waals surface area contributed by atoms with Gasteiger partial charge in [0.15, 0.2) is 0 Å². The zero-order chi connectivity index (χ0) is 17.3. The molecule has 1 aliphatic heterocycles. The molecule has 8 heteroatoms. The molecule has 0 amide bonds. The number of fused-ring (bicyclic) bond motifs is 1. The van der Waals surface area contributed by atoms with Crippen LogP contribution in [0.25, 0.3) is 0 Å². The highest BCUT2D eigenvalue weighted by Crippen LogP contribution is 2.35. The third-order valence-electron chi connectivity index (χ3n) is 4.53. The van der Waals surface area contributed by atoms with Crippen LogP contribution in [0.4, 0.5) is 0 Å². The lowest BCUT2D eigenvalue weighted by atomic mass is 9.97. The van der Waals surface area contributed by atoms with Gasteiger partial charge >= 0.3 is 0 Å². The molecule has 1 N–H and O–H groups in total. The summed E-state index contributed by atoms with van der Waals surface area (Å²) in [7, 11) is -3.50. The standard InChI is InChI=1S/C17H21ClN2O2S2.ClH/c1-12-11-14-7-10-23-17(14)13(2)20(12)9-8-19-24(21,22)16-5-3-15(18)4-6-16;/h3-7,10,12-13,19H,8-9,11H2,1-2H3;1H. The Kier molecular flexibility index (Phi) is 6.93. The zero-order valence-electron chi connectivity index (χ0n) is 14.1. The first-order valence-corrected chi connectivity index (χ1v) is 10.7. The molecule has 3 rings (SSSR count). The number of nitrogens with zero attached hydrogens (tertiary/aromatic N) is 1. The lowest BCUT2D eigenvalue weighted by Gasteiger charge is -2.38. The molecule has 1 aliphatic rings. The monoisotopic (exact) mass is 420 g/mol. The Morgan fingerprint density at radius 2 is 1.92 bits per heavy atom. The van der Waals surface area contributed by atoms with Gasteiger partial charge in [-0.15, -0.1) is 23.7 Å². The number of hydrogen-bond acceptors (Lipinski definition) is 4. The molecule has 2 heterocycles. The van der Waals surface area contributed by atoms with Crippen LogP contribution in [-0.2, 0) is 16.4 Å². The number of halogens is 2. The van der Waals surface area contributed by atoms with Crippen LogP contribution in [0.3, 0.4) is 0 Å². The molecular formula is C17H22Cl2N2O2S2. The molecule has 0 saturated heterocycles. The van der Waals surface area contributed by atoms with E-state index in [1.807, 2.05) is 0 Å². The van der Waals surface area contributed by atoms with E-state index in [-0.39, 0.29) is 17.3 Å². The average Bonchev–Trinajstić information content (AvgIpc) is 2.99. The smallest absolute Gasteiger partial charge is 0.240 e. The van der Waals surface area contributed by atoms with E-state index in [0.29, 0.717) is 30.2 Å². The van der Waals surface area contributed by atoms with Crippen LogP contribution in [0.15, 0.2) is 40.6 Å². The molecule has 138 valence electrons. The van der Waals surface area contributed by atoms with E-state index in [4.69, 9.17) is 11.6 Å². The van der Waals surface area contributed by atoms with Gasteiger partial charge in [0.05, 0.1) is 4.90 Å². The molecule has 0 bridgehead atoms. The third kappa shape index (κ3) is 4.56. The summed E-state index contributed by atoms with van der Waals surface area (Å²) in [6.07, 6.45) is 1.02. The first kappa shape index (κ1) is 20.7. The van der Waals surface area contributed by atoms with Crippen molar-refractivity contribution in [2.75, 3.05) is 13.1 Å². The van der Waals surface area contributed by atoms with E-state index < -0.39 is 10.0 Å². The molecule has 25 heavy (non-hydrogen) atoms. The van der Waals surface area contributed by atoms with E-state index in [9.17, 15) is 8.42 Å². The molecule has 4 nitrogen and oxygen atoms in total. The van der Waals surface area contributed by atoms with Gasteiger partial charge < -0.3 is 0 Å². The Bertz CT molecular complexity index is 806. The van der Waals surface area contributed by atoms with Gasteiger partial charge in [0.1, 0.15) is 0 Å². The summed E-state index contributed by atoms with van der Waals surface area (Å²) >= 11 is 7.59. The van der Waals surface area contributed by atoms with Crippen LogP contribution in [0.5, 0.6) is 0 Å². The van der Waals surface area contributed by atoms with E-state index in [0.717, 1.165) is 6.42 Å². The lowest BCUT2D eigenvalue weighted by molar-refractivity contribution is 0.145. The first-order chi connectivity index (χ1) is 11.4. The van der Waals surface area contributed by atoms with Crippen molar-refractivity contribution in [2.45, 2.75) is 37.2 Å². The average molecular weight is 421 g/mol. The molecule has 0 spiro atoms. The maximum absolute atomic E-state index is 12.3. The summed E-state index contributed by atoms with van der Waals surface area (Å²) in [5, 5.41) is 2.66. The van der Waals surface area contributed by atoms with Gasteiger partial charge in [-0.05, 0) is 61.5 Å². The Labute approximate surface area is 164 Å². The number of thiophene rings is 1. The van der Waals surface area contributed by atoms with Crippen molar-refractivity contribution < 1.29 is 8.42 Å². The first-order valence-electron chi connectivity index (χ1n) is 7.96. The largest absolute Gasteiger partial charge is 0.291 e. The molecule has 1 aromatic heterocycles. The summed E-state index contributed by atoms with van der Waals surface area (Å²) in [5.74, 6) is 0. The molecular weight excluding hydrogens is 399 g/mol. The van der Waals surface area contributed by atoms with Crippen molar-refractivity contribution in [3.63, 3.8) is 0 Å². The second-order valence-electron chi connectivity index (χ2n) is 6.13. The molecule has 0 saturated carbocycles. The number of sulfonamides is 1. The number of rotatable bonds is 5. The van der Waals surface area contributed by atoms with Crippen LogP contribution >= 0.6 is 35.3 Å². The number of hydrogen-bond donors (Lipinski definition) is 1. The predicted octanol–water partition coefficient (Wildman–Crippen LogP) is 4.11. The Morgan fingerprint density at radius 3 is 2.60 bits per heavy atom. The molecule has 0 fully saturated rings. The molecule has 2 aromatic rings. The van der Waals surface area contributed by atoms with E-state index in [1.54, 1.807) is 23.5 Å². The maximum atomic E-state index is 12.3. The second-order valence-corrected chi connectivity index (χ2v) is 9.28. The summed E-state index contributed by atoms with van der Waals surface area (Å²) in [4.78, 5) is 4.00. The minimum Gasteiger partial charge on any atom is -0.291 e. The minimum atomic E-state index is -3.50. The van der Waals surface area contributed by atoms with Crippen molar-refractivity contribution in [1.82, 2.24) is 9.62 Å². The van der Waals surface area contributed by atoms with E-state index in [2.05, 4.69) is 34.9 Å². The van der Waals surface area contributed by atoms with Gasteiger partial charge in [-0.1, -0.05) is 11.6 Å². The fourth-order valence-corrected chi connectivity index (χ4v) is 5.43. The molecule has 0 radical (unpaired) electrons. The normalized spacial score (nSPS) is 20.8. The van der Waals surface area contributed by atoms with Gasteiger partial charge in [-0.3, -0.25) is 4.90 Å². The van der Waals surface area contributed by atoms with Crippen LogP contribution in [0.2, 0.25) is 5.02 Å². The summed E-state index contributed by atoms with van der Waals surface area (Å²) in [6.45, 7) is 5.47. The summed E-state index contributed by atoms with van der Waals surface area (Å²) in [5.41, 5.74) is 1.43.